The molecule has 28 heavy (non-hydrogen) atoms. The number of pyridine rings is 2. The lowest BCUT2D eigenvalue weighted by atomic mass is 10.0. The van der Waals surface area contributed by atoms with Crippen molar-refractivity contribution in [2.75, 3.05) is 0 Å². The van der Waals surface area contributed by atoms with Crippen molar-refractivity contribution >= 4 is 17.0 Å². The molecular weight excluding hydrogens is 356 g/mol. The first kappa shape index (κ1) is 17.9. The first-order valence-electron chi connectivity index (χ1n) is 8.99. The van der Waals surface area contributed by atoms with E-state index >= 15 is 0 Å². The molecule has 142 valence electrons. The van der Waals surface area contributed by atoms with Crippen LogP contribution in [0.15, 0.2) is 45.6 Å². The molecule has 1 amide bonds. The van der Waals surface area contributed by atoms with E-state index in [9.17, 15) is 4.79 Å². The predicted octanol–water partition coefficient (Wildman–Crippen LogP) is 4.29. The third-order valence-electron chi connectivity index (χ3n) is 4.73. The van der Waals surface area contributed by atoms with Crippen molar-refractivity contribution < 1.29 is 13.7 Å². The Bertz CT molecular complexity index is 1160. The summed E-state index contributed by atoms with van der Waals surface area (Å²) in [4.78, 5) is 21.7. The number of fused-ring (bicyclic) bond motifs is 1. The fraction of sp³-hybridized carbons (Fsp3) is 0.238. The van der Waals surface area contributed by atoms with Crippen molar-refractivity contribution in [1.82, 2.24) is 20.4 Å². The molecule has 0 bridgehead atoms. The molecule has 0 saturated heterocycles. The lowest BCUT2D eigenvalue weighted by Gasteiger charge is -2.15. The van der Waals surface area contributed by atoms with E-state index in [2.05, 4.69) is 20.4 Å². The number of furan rings is 1. The summed E-state index contributed by atoms with van der Waals surface area (Å²) in [5.74, 6) is 1.29. The Morgan fingerprint density at radius 1 is 1.14 bits per heavy atom. The molecule has 0 aliphatic carbocycles. The van der Waals surface area contributed by atoms with Crippen LogP contribution in [0.25, 0.3) is 22.4 Å². The van der Waals surface area contributed by atoms with E-state index in [0.29, 0.717) is 28.1 Å². The Morgan fingerprint density at radius 3 is 2.57 bits per heavy atom. The fourth-order valence-electron chi connectivity index (χ4n) is 3.31. The van der Waals surface area contributed by atoms with E-state index in [-0.39, 0.29) is 11.9 Å². The smallest absolute Gasteiger partial charge is 0.259 e. The van der Waals surface area contributed by atoms with Crippen LogP contribution in [0.5, 0.6) is 0 Å². The average Bonchev–Trinajstić information content (AvgIpc) is 3.23. The Hall–Kier alpha value is -3.48. The molecule has 1 unspecified atom stereocenters. The Balaban J connectivity index is 1.77. The molecule has 0 fully saturated rings. The average molecular weight is 376 g/mol. The molecule has 0 saturated carbocycles. The van der Waals surface area contributed by atoms with Crippen molar-refractivity contribution in [1.29, 1.82) is 0 Å². The zero-order valence-corrected chi connectivity index (χ0v) is 16.1. The standard InChI is InChI=1S/C21H20N4O3/c1-11-9-16(14(4)27-11)18-10-17(19-13(3)25-28-21(19)24-18)20(26)23-12(2)15-5-7-22-8-6-15/h5-10,12H,1-4H3,(H,23,26). The van der Waals surface area contributed by atoms with Gasteiger partial charge < -0.3 is 14.3 Å². The molecule has 1 N–H and O–H groups in total. The number of nitrogens with one attached hydrogen (secondary N) is 1. The number of carbonyl (C=O) groups is 1. The lowest BCUT2D eigenvalue weighted by molar-refractivity contribution is 0.0941. The van der Waals surface area contributed by atoms with Crippen LogP contribution in [-0.2, 0) is 0 Å². The van der Waals surface area contributed by atoms with E-state index in [1.807, 2.05) is 39.0 Å². The van der Waals surface area contributed by atoms with Crippen LogP contribution in [-0.4, -0.2) is 21.0 Å². The summed E-state index contributed by atoms with van der Waals surface area (Å²) in [5.41, 5.74) is 3.82. The minimum atomic E-state index is -0.220. The minimum absolute atomic E-state index is 0.180. The SMILES string of the molecule is Cc1cc(-c2cc(C(=O)NC(C)c3ccncc3)c3c(C)noc3n2)c(C)o1. The van der Waals surface area contributed by atoms with E-state index in [4.69, 9.17) is 8.94 Å². The highest BCUT2D eigenvalue weighted by Gasteiger charge is 2.22. The van der Waals surface area contributed by atoms with Crippen molar-refractivity contribution in [2.24, 2.45) is 0 Å². The molecule has 4 aromatic heterocycles. The summed E-state index contributed by atoms with van der Waals surface area (Å²) in [5, 5.41) is 7.63. The maximum absolute atomic E-state index is 13.1. The topological polar surface area (TPSA) is 94.1 Å². The normalized spacial score (nSPS) is 12.3. The molecule has 4 aromatic rings. The number of nitrogens with zero attached hydrogens (tertiary/aromatic N) is 3. The molecule has 7 nitrogen and oxygen atoms in total. The van der Waals surface area contributed by atoms with Gasteiger partial charge in [0, 0.05) is 18.0 Å². The number of carbonyl (C=O) groups excluding carboxylic acids is 1. The molecular formula is C21H20N4O3. The van der Waals surface area contributed by atoms with Crippen molar-refractivity contribution in [3.63, 3.8) is 0 Å². The number of amides is 1. The molecule has 4 heterocycles. The van der Waals surface area contributed by atoms with Gasteiger partial charge in [0.25, 0.3) is 11.6 Å². The molecule has 7 heteroatoms. The van der Waals surface area contributed by atoms with Crippen LogP contribution < -0.4 is 5.32 Å². The number of hydrogen-bond donors (Lipinski definition) is 1. The summed E-state index contributed by atoms with van der Waals surface area (Å²) >= 11 is 0. The van der Waals surface area contributed by atoms with Gasteiger partial charge >= 0.3 is 0 Å². The van der Waals surface area contributed by atoms with Gasteiger partial charge in [-0.2, -0.15) is 0 Å². The maximum Gasteiger partial charge on any atom is 0.259 e. The highest BCUT2D eigenvalue weighted by molar-refractivity contribution is 6.07. The van der Waals surface area contributed by atoms with Gasteiger partial charge in [-0.25, -0.2) is 4.98 Å². The van der Waals surface area contributed by atoms with Crippen LogP contribution >= 0.6 is 0 Å². The van der Waals surface area contributed by atoms with Crippen molar-refractivity contribution in [3.8, 4) is 11.3 Å². The van der Waals surface area contributed by atoms with E-state index in [1.54, 1.807) is 25.4 Å². The summed E-state index contributed by atoms with van der Waals surface area (Å²) in [6.45, 7) is 7.46. The lowest BCUT2D eigenvalue weighted by Crippen LogP contribution is -2.27. The highest BCUT2D eigenvalue weighted by Crippen LogP contribution is 2.30. The van der Waals surface area contributed by atoms with Crippen LogP contribution in [0.1, 0.15) is 46.1 Å². The van der Waals surface area contributed by atoms with Crippen LogP contribution in [0.4, 0.5) is 0 Å². The van der Waals surface area contributed by atoms with Gasteiger partial charge in [0.2, 0.25) is 0 Å². The maximum atomic E-state index is 13.1. The third kappa shape index (κ3) is 3.15. The van der Waals surface area contributed by atoms with Gasteiger partial charge in [0.15, 0.2) is 0 Å². The first-order chi connectivity index (χ1) is 13.4. The number of aryl methyl sites for hydroxylation is 3. The molecule has 0 aliphatic rings. The zero-order chi connectivity index (χ0) is 19.8. The quantitative estimate of drug-likeness (QED) is 0.571. The molecule has 0 spiro atoms. The number of hydrogen-bond acceptors (Lipinski definition) is 6. The zero-order valence-electron chi connectivity index (χ0n) is 16.1. The summed E-state index contributed by atoms with van der Waals surface area (Å²) in [7, 11) is 0. The van der Waals surface area contributed by atoms with Crippen LogP contribution in [0, 0.1) is 20.8 Å². The highest BCUT2D eigenvalue weighted by atomic mass is 16.5. The third-order valence-corrected chi connectivity index (χ3v) is 4.73. The van der Waals surface area contributed by atoms with Crippen molar-refractivity contribution in [3.05, 3.63) is 65.0 Å². The predicted molar refractivity (Wildman–Crippen MR) is 104 cm³/mol. The number of rotatable bonds is 4. The van der Waals surface area contributed by atoms with Crippen molar-refractivity contribution in [2.45, 2.75) is 33.7 Å². The van der Waals surface area contributed by atoms with Gasteiger partial charge in [-0.05, 0) is 57.5 Å². The van der Waals surface area contributed by atoms with E-state index in [1.165, 1.54) is 0 Å². The Labute approximate surface area is 161 Å². The summed E-state index contributed by atoms with van der Waals surface area (Å²) in [6.07, 6.45) is 3.41. The van der Waals surface area contributed by atoms with Gasteiger partial charge in [-0.3, -0.25) is 9.78 Å². The second kappa shape index (κ2) is 6.92. The first-order valence-corrected chi connectivity index (χ1v) is 8.99. The van der Waals surface area contributed by atoms with Gasteiger partial charge in [-0.1, -0.05) is 5.16 Å². The largest absolute Gasteiger partial charge is 0.466 e. The summed E-state index contributed by atoms with van der Waals surface area (Å²) < 4.78 is 11.0. The summed E-state index contributed by atoms with van der Waals surface area (Å²) in [6, 6.07) is 7.23. The van der Waals surface area contributed by atoms with E-state index < -0.39 is 0 Å². The van der Waals surface area contributed by atoms with Gasteiger partial charge in [-0.15, -0.1) is 0 Å². The molecule has 4 rings (SSSR count). The Kier molecular flexibility index (Phi) is 4.43. The second-order valence-corrected chi connectivity index (χ2v) is 6.81. The number of aromatic nitrogens is 3. The van der Waals surface area contributed by atoms with Crippen LogP contribution in [0.2, 0.25) is 0 Å². The van der Waals surface area contributed by atoms with Gasteiger partial charge in [0.05, 0.1) is 28.4 Å². The minimum Gasteiger partial charge on any atom is -0.466 e. The van der Waals surface area contributed by atoms with Gasteiger partial charge in [0.1, 0.15) is 11.5 Å². The Morgan fingerprint density at radius 2 is 1.89 bits per heavy atom. The monoisotopic (exact) mass is 376 g/mol. The molecule has 0 aromatic carbocycles. The fourth-order valence-corrected chi connectivity index (χ4v) is 3.31. The second-order valence-electron chi connectivity index (χ2n) is 6.81. The molecule has 1 atom stereocenters. The molecule has 0 aliphatic heterocycles. The van der Waals surface area contributed by atoms with E-state index in [0.717, 1.165) is 22.6 Å². The van der Waals surface area contributed by atoms with Crippen LogP contribution in [0.3, 0.4) is 0 Å². The molecule has 0 radical (unpaired) electrons.